The van der Waals surface area contributed by atoms with Crippen molar-refractivity contribution >= 4 is 21.1 Å². The SMILES string of the molecule is O=c1[nH]c2cc(S(=O)(=O)NCCn3ncc4c3CCOC4)ccc2o1. The van der Waals surface area contributed by atoms with Gasteiger partial charge in [-0.2, -0.15) is 5.10 Å². The summed E-state index contributed by atoms with van der Waals surface area (Å²) in [7, 11) is -3.70. The fourth-order valence-electron chi connectivity index (χ4n) is 2.87. The smallest absolute Gasteiger partial charge is 0.408 e. The van der Waals surface area contributed by atoms with Crippen molar-refractivity contribution in [3.05, 3.63) is 46.2 Å². The van der Waals surface area contributed by atoms with E-state index in [1.807, 2.05) is 0 Å². The normalized spacial score (nSPS) is 14.7. The quantitative estimate of drug-likeness (QED) is 0.675. The average Bonchev–Trinajstić information content (AvgIpc) is 3.16. The van der Waals surface area contributed by atoms with Crippen LogP contribution in [0.15, 0.2) is 38.5 Å². The first-order chi connectivity index (χ1) is 12.0. The van der Waals surface area contributed by atoms with Gasteiger partial charge in [0.15, 0.2) is 5.58 Å². The molecule has 132 valence electrons. The highest BCUT2D eigenvalue weighted by molar-refractivity contribution is 7.89. The maximum absolute atomic E-state index is 12.4. The molecule has 1 aliphatic heterocycles. The van der Waals surface area contributed by atoms with E-state index in [4.69, 9.17) is 9.15 Å². The third-order valence-electron chi connectivity index (χ3n) is 4.09. The molecule has 1 aliphatic rings. The van der Waals surface area contributed by atoms with Gasteiger partial charge >= 0.3 is 5.76 Å². The lowest BCUT2D eigenvalue weighted by atomic mass is 10.2. The summed E-state index contributed by atoms with van der Waals surface area (Å²) in [6.45, 7) is 1.83. The van der Waals surface area contributed by atoms with Crippen LogP contribution in [-0.4, -0.2) is 36.3 Å². The van der Waals surface area contributed by atoms with Gasteiger partial charge in [0.25, 0.3) is 0 Å². The highest BCUT2D eigenvalue weighted by atomic mass is 32.2. The van der Waals surface area contributed by atoms with E-state index in [0.717, 1.165) is 17.7 Å². The first-order valence-corrected chi connectivity index (χ1v) is 9.25. The summed E-state index contributed by atoms with van der Waals surface area (Å²) >= 11 is 0. The molecule has 2 aromatic heterocycles. The molecule has 0 unspecified atom stereocenters. The number of ether oxygens (including phenoxy) is 1. The van der Waals surface area contributed by atoms with E-state index in [1.165, 1.54) is 18.2 Å². The fraction of sp³-hybridized carbons (Fsp3) is 0.333. The van der Waals surface area contributed by atoms with Gasteiger partial charge in [0, 0.05) is 24.2 Å². The largest absolute Gasteiger partial charge is 0.417 e. The maximum Gasteiger partial charge on any atom is 0.417 e. The molecule has 2 N–H and O–H groups in total. The molecule has 0 aliphatic carbocycles. The number of nitrogens with zero attached hydrogens (tertiary/aromatic N) is 2. The van der Waals surface area contributed by atoms with Crippen LogP contribution in [0, 0.1) is 0 Å². The summed E-state index contributed by atoms with van der Waals surface area (Å²) in [4.78, 5) is 13.7. The lowest BCUT2D eigenvalue weighted by Gasteiger charge is -2.14. The number of oxazole rings is 1. The van der Waals surface area contributed by atoms with E-state index in [1.54, 1.807) is 10.9 Å². The predicted octanol–water partition coefficient (Wildman–Crippen LogP) is 0.369. The van der Waals surface area contributed by atoms with Crippen LogP contribution in [0.2, 0.25) is 0 Å². The van der Waals surface area contributed by atoms with Gasteiger partial charge in [0.1, 0.15) is 0 Å². The van der Waals surface area contributed by atoms with Gasteiger partial charge in [-0.05, 0) is 18.2 Å². The van der Waals surface area contributed by atoms with Crippen molar-refractivity contribution < 1.29 is 17.6 Å². The number of sulfonamides is 1. The second-order valence-corrected chi connectivity index (χ2v) is 7.48. The molecular formula is C15H16N4O5S. The highest BCUT2D eigenvalue weighted by Crippen LogP contribution is 2.17. The molecule has 10 heteroatoms. The Balaban J connectivity index is 1.47. The number of hydrogen-bond acceptors (Lipinski definition) is 6. The molecule has 0 saturated carbocycles. The molecule has 3 aromatic rings. The minimum atomic E-state index is -3.70. The fourth-order valence-corrected chi connectivity index (χ4v) is 3.92. The van der Waals surface area contributed by atoms with Crippen LogP contribution in [0.5, 0.6) is 0 Å². The Morgan fingerprint density at radius 3 is 3.12 bits per heavy atom. The molecule has 0 atom stereocenters. The van der Waals surface area contributed by atoms with Crippen molar-refractivity contribution in [1.29, 1.82) is 0 Å². The lowest BCUT2D eigenvalue weighted by Crippen LogP contribution is -2.28. The molecule has 1 aromatic carbocycles. The van der Waals surface area contributed by atoms with Crippen LogP contribution in [0.25, 0.3) is 11.1 Å². The van der Waals surface area contributed by atoms with Crippen molar-refractivity contribution in [3.63, 3.8) is 0 Å². The van der Waals surface area contributed by atoms with E-state index in [0.29, 0.717) is 30.9 Å². The van der Waals surface area contributed by atoms with Gasteiger partial charge in [-0.15, -0.1) is 0 Å². The minimum Gasteiger partial charge on any atom is -0.408 e. The monoisotopic (exact) mass is 364 g/mol. The number of aromatic amines is 1. The van der Waals surface area contributed by atoms with Gasteiger partial charge < -0.3 is 9.15 Å². The Morgan fingerprint density at radius 1 is 1.36 bits per heavy atom. The average molecular weight is 364 g/mol. The number of H-pyrrole nitrogens is 1. The summed E-state index contributed by atoms with van der Waals surface area (Å²) in [6.07, 6.45) is 2.53. The van der Waals surface area contributed by atoms with Crippen molar-refractivity contribution in [2.45, 2.75) is 24.5 Å². The standard InChI is InChI=1S/C15H16N4O5S/c20-15-18-12-7-11(1-2-14(12)24-15)25(21,22)17-4-5-19-13-3-6-23-9-10(13)8-16-19/h1-2,7-8,17H,3-6,9H2,(H,18,20). The van der Waals surface area contributed by atoms with Crippen LogP contribution in [0.1, 0.15) is 11.3 Å². The number of benzene rings is 1. The summed E-state index contributed by atoms with van der Waals surface area (Å²) in [5, 5.41) is 4.28. The zero-order chi connectivity index (χ0) is 17.4. The second-order valence-electron chi connectivity index (χ2n) is 5.71. The van der Waals surface area contributed by atoms with Crippen molar-refractivity contribution in [1.82, 2.24) is 19.5 Å². The van der Waals surface area contributed by atoms with E-state index < -0.39 is 15.8 Å². The Hall–Kier alpha value is -2.43. The predicted molar refractivity (Wildman–Crippen MR) is 87.6 cm³/mol. The Morgan fingerprint density at radius 2 is 2.24 bits per heavy atom. The molecule has 0 radical (unpaired) electrons. The summed E-state index contributed by atoms with van der Waals surface area (Å²) in [5.41, 5.74) is 2.79. The molecule has 9 nitrogen and oxygen atoms in total. The van der Waals surface area contributed by atoms with Crippen LogP contribution >= 0.6 is 0 Å². The zero-order valence-electron chi connectivity index (χ0n) is 13.2. The topological polar surface area (TPSA) is 119 Å². The van der Waals surface area contributed by atoms with E-state index in [2.05, 4.69) is 14.8 Å². The Labute approximate surface area is 142 Å². The number of hydrogen-bond donors (Lipinski definition) is 2. The van der Waals surface area contributed by atoms with Crippen LogP contribution in [0.4, 0.5) is 0 Å². The molecule has 0 bridgehead atoms. The van der Waals surface area contributed by atoms with Crippen LogP contribution in [-0.2, 0) is 34.3 Å². The van der Waals surface area contributed by atoms with Crippen molar-refractivity contribution in [3.8, 4) is 0 Å². The summed E-state index contributed by atoms with van der Waals surface area (Å²) < 4.78 is 39.4. The summed E-state index contributed by atoms with van der Waals surface area (Å²) in [6, 6.07) is 4.22. The summed E-state index contributed by atoms with van der Waals surface area (Å²) in [5.74, 6) is -0.620. The molecule has 25 heavy (non-hydrogen) atoms. The minimum absolute atomic E-state index is 0.0629. The molecule has 4 rings (SSSR count). The molecular weight excluding hydrogens is 348 g/mol. The van der Waals surface area contributed by atoms with Crippen molar-refractivity contribution in [2.24, 2.45) is 0 Å². The Bertz CT molecular complexity index is 1080. The molecule has 0 fully saturated rings. The van der Waals surface area contributed by atoms with E-state index in [-0.39, 0.29) is 11.4 Å². The highest BCUT2D eigenvalue weighted by Gasteiger charge is 2.18. The zero-order valence-corrected chi connectivity index (χ0v) is 14.0. The van der Waals surface area contributed by atoms with E-state index in [9.17, 15) is 13.2 Å². The Kier molecular flexibility index (Phi) is 3.94. The van der Waals surface area contributed by atoms with Gasteiger partial charge in [0.05, 0.1) is 36.4 Å². The van der Waals surface area contributed by atoms with Crippen molar-refractivity contribution in [2.75, 3.05) is 13.2 Å². The molecule has 0 saturated heterocycles. The third-order valence-corrected chi connectivity index (χ3v) is 5.55. The van der Waals surface area contributed by atoms with E-state index >= 15 is 0 Å². The number of rotatable bonds is 5. The number of aromatic nitrogens is 3. The van der Waals surface area contributed by atoms with Gasteiger partial charge in [-0.1, -0.05) is 0 Å². The molecule has 3 heterocycles. The number of nitrogens with one attached hydrogen (secondary N) is 2. The second kappa shape index (κ2) is 6.14. The van der Waals surface area contributed by atoms with Crippen LogP contribution in [0.3, 0.4) is 0 Å². The van der Waals surface area contributed by atoms with Gasteiger partial charge in [-0.25, -0.2) is 17.9 Å². The third kappa shape index (κ3) is 3.11. The van der Waals surface area contributed by atoms with Gasteiger partial charge in [-0.3, -0.25) is 9.67 Å². The first-order valence-electron chi connectivity index (χ1n) is 7.77. The number of fused-ring (bicyclic) bond motifs is 2. The van der Waals surface area contributed by atoms with Crippen LogP contribution < -0.4 is 10.5 Å². The molecule has 0 amide bonds. The first kappa shape index (κ1) is 16.1. The van der Waals surface area contributed by atoms with Gasteiger partial charge in [0.2, 0.25) is 10.0 Å². The lowest BCUT2D eigenvalue weighted by molar-refractivity contribution is 0.109. The molecule has 0 spiro atoms. The maximum atomic E-state index is 12.4.